The molecule has 0 spiro atoms. The van der Waals surface area contributed by atoms with Crippen LogP contribution in [0.25, 0.3) is 10.9 Å². The minimum Gasteiger partial charge on any atom is -0.492 e. The fourth-order valence-corrected chi connectivity index (χ4v) is 2.68. The predicted molar refractivity (Wildman–Crippen MR) is 108 cm³/mol. The minimum atomic E-state index is -0.245. The number of amides is 1. The molecule has 0 saturated heterocycles. The molecule has 3 rings (SSSR count). The van der Waals surface area contributed by atoms with Gasteiger partial charge in [-0.15, -0.1) is 0 Å². The minimum absolute atomic E-state index is 0.0671. The smallest absolute Gasteiger partial charge is 0.261 e. The van der Waals surface area contributed by atoms with Gasteiger partial charge in [-0.25, -0.2) is 4.98 Å². The summed E-state index contributed by atoms with van der Waals surface area (Å²) in [4.78, 5) is 30.9. The number of likely N-dealkylation sites (N-methyl/N-ethyl adjacent to an activating group) is 1. The van der Waals surface area contributed by atoms with Crippen LogP contribution in [0.2, 0.25) is 0 Å². The molecule has 0 aliphatic rings. The van der Waals surface area contributed by atoms with E-state index in [1.54, 1.807) is 18.2 Å². The van der Waals surface area contributed by atoms with Crippen LogP contribution in [-0.4, -0.2) is 47.6 Å². The van der Waals surface area contributed by atoms with Gasteiger partial charge < -0.3 is 15.0 Å². The molecular weight excluding hydrogens is 356 g/mol. The number of aromatic nitrogens is 2. The van der Waals surface area contributed by atoms with E-state index in [0.29, 0.717) is 24.1 Å². The molecule has 3 aromatic rings. The zero-order valence-corrected chi connectivity index (χ0v) is 16.1. The fraction of sp³-hybridized carbons (Fsp3) is 0.286. The van der Waals surface area contributed by atoms with E-state index < -0.39 is 0 Å². The number of nitrogens with zero attached hydrogens (tertiary/aromatic N) is 3. The van der Waals surface area contributed by atoms with Crippen molar-refractivity contribution in [3.63, 3.8) is 0 Å². The highest BCUT2D eigenvalue weighted by molar-refractivity contribution is 5.78. The van der Waals surface area contributed by atoms with Crippen LogP contribution >= 0.6 is 0 Å². The topological polar surface area (TPSA) is 76.5 Å². The van der Waals surface area contributed by atoms with Crippen LogP contribution in [-0.2, 0) is 17.9 Å². The van der Waals surface area contributed by atoms with Crippen LogP contribution in [0.1, 0.15) is 5.56 Å². The van der Waals surface area contributed by atoms with E-state index in [0.717, 1.165) is 17.9 Å². The van der Waals surface area contributed by atoms with Gasteiger partial charge in [-0.05, 0) is 43.9 Å². The second-order valence-electron chi connectivity index (χ2n) is 6.77. The van der Waals surface area contributed by atoms with Gasteiger partial charge in [-0.1, -0.05) is 24.3 Å². The lowest BCUT2D eigenvalue weighted by atomic mass is 10.2. The van der Waals surface area contributed by atoms with Crippen molar-refractivity contribution >= 4 is 16.8 Å². The Hall–Kier alpha value is -3.19. The van der Waals surface area contributed by atoms with Gasteiger partial charge in [0, 0.05) is 13.1 Å². The van der Waals surface area contributed by atoms with Gasteiger partial charge in [-0.3, -0.25) is 14.2 Å². The maximum absolute atomic E-state index is 12.4. The molecule has 1 aromatic heterocycles. The molecule has 0 radical (unpaired) electrons. The summed E-state index contributed by atoms with van der Waals surface area (Å²) in [5, 5.41) is 3.33. The van der Waals surface area contributed by atoms with Crippen molar-refractivity contribution in [3.8, 4) is 5.75 Å². The largest absolute Gasteiger partial charge is 0.492 e. The molecule has 0 bridgehead atoms. The highest BCUT2D eigenvalue weighted by Gasteiger charge is 2.08. The number of carbonyl (C=O) groups is 1. The second kappa shape index (κ2) is 9.14. The van der Waals surface area contributed by atoms with Gasteiger partial charge in [0.25, 0.3) is 5.56 Å². The summed E-state index contributed by atoms with van der Waals surface area (Å²) < 4.78 is 6.97. The number of ether oxygens (including phenoxy) is 1. The number of nitrogens with one attached hydrogen (secondary N) is 1. The van der Waals surface area contributed by atoms with E-state index in [1.165, 1.54) is 10.9 Å². The average molecular weight is 380 g/mol. The Bertz CT molecular complexity index is 996. The molecule has 7 nitrogen and oxygen atoms in total. The Kier molecular flexibility index (Phi) is 6.39. The SMILES string of the molecule is CN(C)CCOc1ccc(CNC(=O)Cn2cnc3ccccc3c2=O)cc1. The van der Waals surface area contributed by atoms with Crippen LogP contribution in [0.5, 0.6) is 5.75 Å². The standard InChI is InChI=1S/C21H24N4O3/c1-24(2)11-12-28-17-9-7-16(8-10-17)13-22-20(26)14-25-15-23-19-6-4-3-5-18(19)21(25)27/h3-10,15H,11-14H2,1-2H3,(H,22,26). The van der Waals surface area contributed by atoms with E-state index in [4.69, 9.17) is 4.74 Å². The van der Waals surface area contributed by atoms with E-state index >= 15 is 0 Å². The molecule has 0 aliphatic carbocycles. The molecule has 1 amide bonds. The molecule has 28 heavy (non-hydrogen) atoms. The molecule has 0 unspecified atom stereocenters. The molecular formula is C21H24N4O3. The number of rotatable bonds is 8. The van der Waals surface area contributed by atoms with Crippen LogP contribution < -0.4 is 15.6 Å². The van der Waals surface area contributed by atoms with Gasteiger partial charge in [0.15, 0.2) is 0 Å². The third-order valence-corrected chi connectivity index (χ3v) is 4.27. The summed E-state index contributed by atoms with van der Waals surface area (Å²) in [6.45, 7) is 1.79. The summed E-state index contributed by atoms with van der Waals surface area (Å²) in [5.41, 5.74) is 1.36. The molecule has 1 heterocycles. The summed E-state index contributed by atoms with van der Waals surface area (Å²) in [7, 11) is 3.99. The lowest BCUT2D eigenvalue weighted by Crippen LogP contribution is -2.32. The molecule has 2 aromatic carbocycles. The number of benzene rings is 2. The highest BCUT2D eigenvalue weighted by atomic mass is 16.5. The molecule has 0 atom stereocenters. The first-order valence-electron chi connectivity index (χ1n) is 9.10. The summed E-state index contributed by atoms with van der Waals surface area (Å²) >= 11 is 0. The van der Waals surface area contributed by atoms with Crippen LogP contribution in [0.4, 0.5) is 0 Å². The van der Waals surface area contributed by atoms with Crippen molar-refractivity contribution in [1.82, 2.24) is 19.8 Å². The van der Waals surface area contributed by atoms with Crippen LogP contribution in [0.3, 0.4) is 0 Å². The molecule has 1 N–H and O–H groups in total. The van der Waals surface area contributed by atoms with Gasteiger partial charge in [0.1, 0.15) is 18.9 Å². The van der Waals surface area contributed by atoms with Crippen molar-refractivity contribution in [2.45, 2.75) is 13.1 Å². The lowest BCUT2D eigenvalue weighted by molar-refractivity contribution is -0.121. The van der Waals surface area contributed by atoms with Gasteiger partial charge in [0.05, 0.1) is 17.2 Å². The summed E-state index contributed by atoms with van der Waals surface area (Å²) in [6.07, 6.45) is 1.41. The maximum atomic E-state index is 12.4. The third kappa shape index (κ3) is 5.17. The molecule has 0 fully saturated rings. The molecule has 0 aliphatic heterocycles. The highest BCUT2D eigenvalue weighted by Crippen LogP contribution is 2.12. The van der Waals surface area contributed by atoms with E-state index in [1.807, 2.05) is 44.4 Å². The third-order valence-electron chi connectivity index (χ3n) is 4.27. The Morgan fingerprint density at radius 2 is 1.89 bits per heavy atom. The number of carbonyl (C=O) groups excluding carboxylic acids is 1. The summed E-state index contributed by atoms with van der Waals surface area (Å²) in [6, 6.07) is 14.7. The Morgan fingerprint density at radius 1 is 1.14 bits per heavy atom. The normalized spacial score (nSPS) is 11.0. The van der Waals surface area contributed by atoms with Crippen molar-refractivity contribution < 1.29 is 9.53 Å². The van der Waals surface area contributed by atoms with Crippen molar-refractivity contribution in [1.29, 1.82) is 0 Å². The van der Waals surface area contributed by atoms with Gasteiger partial charge >= 0.3 is 0 Å². The van der Waals surface area contributed by atoms with Gasteiger partial charge in [-0.2, -0.15) is 0 Å². The Morgan fingerprint density at radius 3 is 2.64 bits per heavy atom. The average Bonchev–Trinajstić information content (AvgIpc) is 2.69. The fourth-order valence-electron chi connectivity index (χ4n) is 2.68. The molecule has 146 valence electrons. The van der Waals surface area contributed by atoms with Crippen LogP contribution in [0, 0.1) is 0 Å². The van der Waals surface area contributed by atoms with Crippen LogP contribution in [0.15, 0.2) is 59.7 Å². The zero-order valence-electron chi connectivity index (χ0n) is 16.1. The van der Waals surface area contributed by atoms with E-state index in [9.17, 15) is 9.59 Å². The molecule has 0 saturated carbocycles. The maximum Gasteiger partial charge on any atom is 0.261 e. The van der Waals surface area contributed by atoms with E-state index in [-0.39, 0.29) is 18.0 Å². The predicted octanol–water partition coefficient (Wildman–Crippen LogP) is 1.65. The Balaban J connectivity index is 1.53. The first-order chi connectivity index (χ1) is 13.5. The first-order valence-corrected chi connectivity index (χ1v) is 9.10. The Labute approximate surface area is 163 Å². The quantitative estimate of drug-likeness (QED) is 0.643. The number of hydrogen-bond donors (Lipinski definition) is 1. The van der Waals surface area contributed by atoms with E-state index in [2.05, 4.69) is 15.2 Å². The number of fused-ring (bicyclic) bond motifs is 1. The second-order valence-corrected chi connectivity index (χ2v) is 6.77. The van der Waals surface area contributed by atoms with Gasteiger partial charge in [0.2, 0.25) is 5.91 Å². The van der Waals surface area contributed by atoms with Crippen molar-refractivity contribution in [3.05, 3.63) is 70.8 Å². The monoisotopic (exact) mass is 380 g/mol. The lowest BCUT2D eigenvalue weighted by Gasteiger charge is -2.11. The number of para-hydroxylation sites is 1. The first kappa shape index (κ1) is 19.6. The van der Waals surface area contributed by atoms with Crippen molar-refractivity contribution in [2.75, 3.05) is 27.2 Å². The zero-order chi connectivity index (χ0) is 19.9. The summed E-state index contributed by atoms with van der Waals surface area (Å²) in [5.74, 6) is 0.552. The number of hydrogen-bond acceptors (Lipinski definition) is 5. The van der Waals surface area contributed by atoms with Crippen molar-refractivity contribution in [2.24, 2.45) is 0 Å². The molecule has 7 heteroatoms.